The second-order valence-electron chi connectivity index (χ2n) is 6.57. The van der Waals surface area contributed by atoms with Gasteiger partial charge in [0.25, 0.3) is 0 Å². The van der Waals surface area contributed by atoms with Crippen molar-refractivity contribution in [3.63, 3.8) is 0 Å². The van der Waals surface area contributed by atoms with Crippen LogP contribution in [0.2, 0.25) is 0 Å². The maximum Gasteiger partial charge on any atom is 0.232 e. The molecular weight excluding hydrogens is 398 g/mol. The number of aliphatic hydroxyl groups is 1. The van der Waals surface area contributed by atoms with E-state index in [1.165, 1.54) is 0 Å². The zero-order chi connectivity index (χ0) is 19.9. The van der Waals surface area contributed by atoms with Crippen LogP contribution in [0.4, 0.5) is 11.6 Å². The van der Waals surface area contributed by atoms with Gasteiger partial charge in [0.15, 0.2) is 0 Å². The minimum absolute atomic E-state index is 0. The Morgan fingerprint density at radius 3 is 2.17 bits per heavy atom. The third kappa shape index (κ3) is 6.52. The Bertz CT molecular complexity index is 735. The van der Waals surface area contributed by atoms with Crippen molar-refractivity contribution in [1.29, 1.82) is 0 Å². The number of aliphatic hydroxyl groups excluding tert-OH is 1. The minimum Gasteiger partial charge on any atom is -0.491 e. The molecule has 0 spiro atoms. The van der Waals surface area contributed by atoms with Crippen LogP contribution in [0.3, 0.4) is 0 Å². The van der Waals surface area contributed by atoms with Gasteiger partial charge >= 0.3 is 0 Å². The number of ether oxygens (including phenoxy) is 3. The average Bonchev–Trinajstić information content (AvgIpc) is 2.73. The van der Waals surface area contributed by atoms with Crippen molar-refractivity contribution >= 4 is 24.0 Å². The molecule has 1 aliphatic heterocycles. The van der Waals surface area contributed by atoms with Gasteiger partial charge in [-0.3, -0.25) is 4.90 Å². The highest BCUT2D eigenvalue weighted by Gasteiger charge is 2.22. The molecule has 1 aliphatic rings. The van der Waals surface area contributed by atoms with Crippen LogP contribution in [0.1, 0.15) is 0 Å². The van der Waals surface area contributed by atoms with E-state index in [1.54, 1.807) is 44.6 Å². The Morgan fingerprint density at radius 1 is 1.03 bits per heavy atom. The number of anilines is 2. The third-order valence-electron chi connectivity index (χ3n) is 4.53. The molecule has 1 aromatic carbocycles. The van der Waals surface area contributed by atoms with Gasteiger partial charge in [0.05, 0.1) is 20.3 Å². The van der Waals surface area contributed by atoms with Crippen molar-refractivity contribution in [3.05, 3.63) is 30.3 Å². The number of hydrogen-bond donors (Lipinski definition) is 2. The van der Waals surface area contributed by atoms with Gasteiger partial charge in [-0.1, -0.05) is 0 Å². The molecule has 160 valence electrons. The van der Waals surface area contributed by atoms with E-state index < -0.39 is 6.10 Å². The van der Waals surface area contributed by atoms with Crippen LogP contribution in [0.15, 0.2) is 30.3 Å². The van der Waals surface area contributed by atoms with Crippen molar-refractivity contribution in [2.75, 3.05) is 64.2 Å². The number of aromatic nitrogens is 2. The fraction of sp³-hybridized carbons (Fsp3) is 0.474. The largest absolute Gasteiger partial charge is 0.491 e. The van der Waals surface area contributed by atoms with E-state index in [9.17, 15) is 5.11 Å². The summed E-state index contributed by atoms with van der Waals surface area (Å²) in [5.41, 5.74) is 6.34. The Labute approximate surface area is 176 Å². The summed E-state index contributed by atoms with van der Waals surface area (Å²) in [5, 5.41) is 10.3. The first-order valence-electron chi connectivity index (χ1n) is 9.18. The van der Waals surface area contributed by atoms with Crippen LogP contribution in [-0.4, -0.2) is 79.6 Å². The van der Waals surface area contributed by atoms with E-state index >= 15 is 0 Å². The highest BCUT2D eigenvalue weighted by molar-refractivity contribution is 5.85. The molecule has 0 aliphatic carbocycles. The van der Waals surface area contributed by atoms with E-state index in [0.717, 1.165) is 26.2 Å². The van der Waals surface area contributed by atoms with E-state index in [1.807, 2.05) is 0 Å². The number of β-amino-alcohol motifs (C(OH)–C–C–N with tert-alkyl or cyclic N) is 1. The molecule has 0 saturated carbocycles. The normalized spacial score (nSPS) is 15.3. The van der Waals surface area contributed by atoms with Crippen molar-refractivity contribution in [1.82, 2.24) is 14.9 Å². The highest BCUT2D eigenvalue weighted by atomic mass is 35.5. The number of nitrogens with zero attached hydrogens (tertiary/aromatic N) is 4. The monoisotopic (exact) mass is 425 g/mol. The minimum atomic E-state index is -0.572. The van der Waals surface area contributed by atoms with Crippen LogP contribution < -0.4 is 24.8 Å². The van der Waals surface area contributed by atoms with Crippen LogP contribution in [0.25, 0.3) is 0 Å². The molecule has 1 fully saturated rings. The van der Waals surface area contributed by atoms with Gasteiger partial charge in [-0.25, -0.2) is 0 Å². The molecule has 3 rings (SSSR count). The van der Waals surface area contributed by atoms with Crippen molar-refractivity contribution in [2.24, 2.45) is 0 Å². The maximum atomic E-state index is 10.3. The van der Waals surface area contributed by atoms with E-state index in [0.29, 0.717) is 35.7 Å². The number of rotatable bonds is 8. The predicted molar refractivity (Wildman–Crippen MR) is 113 cm³/mol. The molecule has 0 amide bonds. The van der Waals surface area contributed by atoms with Crippen molar-refractivity contribution in [3.8, 4) is 17.5 Å². The molecule has 1 unspecified atom stereocenters. The first-order chi connectivity index (χ1) is 13.6. The molecule has 1 atom stereocenters. The molecule has 1 aromatic heterocycles. The maximum absolute atomic E-state index is 10.3. The number of nitrogen functional groups attached to an aromatic ring is 1. The van der Waals surface area contributed by atoms with Gasteiger partial charge in [-0.05, 0) is 24.3 Å². The zero-order valence-electron chi connectivity index (χ0n) is 16.7. The lowest BCUT2D eigenvalue weighted by Crippen LogP contribution is -2.49. The Morgan fingerprint density at radius 2 is 1.62 bits per heavy atom. The van der Waals surface area contributed by atoms with Crippen LogP contribution in [0, 0.1) is 0 Å². The summed E-state index contributed by atoms with van der Waals surface area (Å²) in [6.07, 6.45) is -0.572. The number of nitrogens with two attached hydrogens (primary N) is 1. The van der Waals surface area contributed by atoms with Crippen LogP contribution >= 0.6 is 12.4 Å². The summed E-state index contributed by atoms with van der Waals surface area (Å²) in [7, 11) is 3.13. The predicted octanol–water partition coefficient (Wildman–Crippen LogP) is 1.06. The number of methoxy groups -OCH3 is 2. The standard InChI is InChI=1S/C19H27N5O4.ClH/c1-26-17-11-18(27-2)22-19(21-17)24-9-7-23(8-10-24)12-15(25)13-28-16-5-3-14(20)4-6-16;/h3-6,11,15,25H,7-10,12-13,20H2,1-2H3;1H. The fourth-order valence-corrected chi connectivity index (χ4v) is 2.98. The molecule has 10 heteroatoms. The Balaban J connectivity index is 0.00000300. The Kier molecular flexibility index (Phi) is 8.56. The molecule has 2 heterocycles. The summed E-state index contributed by atoms with van der Waals surface area (Å²) in [6.45, 7) is 3.87. The zero-order valence-corrected chi connectivity index (χ0v) is 17.5. The number of halogens is 1. The number of hydrogen-bond acceptors (Lipinski definition) is 9. The van der Waals surface area contributed by atoms with Crippen LogP contribution in [0.5, 0.6) is 17.5 Å². The second kappa shape index (κ2) is 10.9. The molecule has 0 radical (unpaired) electrons. The van der Waals surface area contributed by atoms with Crippen LogP contribution in [-0.2, 0) is 0 Å². The first-order valence-corrected chi connectivity index (χ1v) is 9.18. The van der Waals surface area contributed by atoms with Gasteiger partial charge in [-0.15, -0.1) is 12.4 Å². The van der Waals surface area contributed by atoms with Gasteiger partial charge in [0.2, 0.25) is 17.7 Å². The molecule has 1 saturated heterocycles. The number of benzene rings is 1. The van der Waals surface area contributed by atoms with Gasteiger partial charge in [-0.2, -0.15) is 9.97 Å². The van der Waals surface area contributed by atoms with Gasteiger partial charge in [0, 0.05) is 38.4 Å². The third-order valence-corrected chi connectivity index (χ3v) is 4.53. The molecule has 3 N–H and O–H groups in total. The van der Waals surface area contributed by atoms with Crippen molar-refractivity contribution in [2.45, 2.75) is 6.10 Å². The molecule has 29 heavy (non-hydrogen) atoms. The molecule has 2 aromatic rings. The van der Waals surface area contributed by atoms with Gasteiger partial charge < -0.3 is 30.0 Å². The molecule has 0 bridgehead atoms. The Hall–Kier alpha value is -2.49. The molecular formula is C19H28ClN5O4. The summed E-state index contributed by atoms with van der Waals surface area (Å²) in [6, 6.07) is 8.79. The number of piperazine rings is 1. The summed E-state index contributed by atoms with van der Waals surface area (Å²) < 4.78 is 16.0. The van der Waals surface area contributed by atoms with Gasteiger partial charge in [0.1, 0.15) is 18.5 Å². The second-order valence-corrected chi connectivity index (χ2v) is 6.57. The average molecular weight is 426 g/mol. The fourth-order valence-electron chi connectivity index (χ4n) is 2.98. The SMILES string of the molecule is COc1cc(OC)nc(N2CCN(CC(O)COc3ccc(N)cc3)CC2)n1.Cl. The summed E-state index contributed by atoms with van der Waals surface area (Å²) in [5.74, 6) is 2.23. The summed E-state index contributed by atoms with van der Waals surface area (Å²) in [4.78, 5) is 13.1. The first kappa shape index (κ1) is 22.8. The van der Waals surface area contributed by atoms with E-state index in [-0.39, 0.29) is 19.0 Å². The summed E-state index contributed by atoms with van der Waals surface area (Å²) >= 11 is 0. The quantitative estimate of drug-likeness (QED) is 0.600. The lowest BCUT2D eigenvalue weighted by Gasteiger charge is -2.35. The van der Waals surface area contributed by atoms with E-state index in [4.69, 9.17) is 19.9 Å². The lowest BCUT2D eigenvalue weighted by molar-refractivity contribution is 0.0662. The topological polar surface area (TPSA) is 106 Å². The van der Waals surface area contributed by atoms with E-state index in [2.05, 4.69) is 19.8 Å². The van der Waals surface area contributed by atoms with Crippen molar-refractivity contribution < 1.29 is 19.3 Å². The lowest BCUT2D eigenvalue weighted by atomic mass is 10.2. The smallest absolute Gasteiger partial charge is 0.232 e. The highest BCUT2D eigenvalue weighted by Crippen LogP contribution is 2.21. The molecule has 9 nitrogen and oxygen atoms in total.